The summed E-state index contributed by atoms with van der Waals surface area (Å²) in [5.41, 5.74) is 0.720. The Hall–Kier alpha value is -3.40. The molecule has 0 radical (unpaired) electrons. The van der Waals surface area contributed by atoms with E-state index < -0.39 is 27.9 Å². The maximum Gasteiger partial charge on any atom is 0.319 e. The number of nitrogens with one attached hydrogen (secondary N) is 2. The number of anilines is 1. The number of sulfonamides is 1. The largest absolute Gasteiger partial charge is 0.464 e. The molecule has 0 aliphatic carbocycles. The predicted octanol–water partition coefficient (Wildman–Crippen LogP) is 1.59. The first-order valence-electron chi connectivity index (χ1n) is 8.81. The Labute approximate surface area is 167 Å². The number of hydrogen-bond acceptors (Lipinski definition) is 6. The Bertz CT molecular complexity index is 1020. The van der Waals surface area contributed by atoms with Gasteiger partial charge in [-0.25, -0.2) is 17.5 Å². The van der Waals surface area contributed by atoms with Gasteiger partial charge in [0.1, 0.15) is 11.5 Å². The Morgan fingerprint density at radius 1 is 1.00 bits per heavy atom. The summed E-state index contributed by atoms with van der Waals surface area (Å²) in [4.78, 5) is 35.7. The number of nitrogens with zero attached hydrogens (tertiary/aromatic N) is 1. The van der Waals surface area contributed by atoms with Gasteiger partial charge >= 0.3 is 12.0 Å². The molecule has 1 aliphatic heterocycles. The molecule has 0 unspecified atom stereocenters. The second kappa shape index (κ2) is 8.74. The molecule has 2 N–H and O–H groups in total. The molecule has 0 atom stereocenters. The zero-order valence-electron chi connectivity index (χ0n) is 15.3. The summed E-state index contributed by atoms with van der Waals surface area (Å²) in [6.07, 6.45) is -0.0941. The van der Waals surface area contributed by atoms with Crippen molar-refractivity contribution < 1.29 is 27.5 Å². The lowest BCUT2D eigenvalue weighted by molar-refractivity contribution is -0.143. The second-order valence-electron chi connectivity index (χ2n) is 6.10. The molecule has 0 saturated heterocycles. The minimum absolute atomic E-state index is 0.0455. The third-order valence-electron chi connectivity index (χ3n) is 4.12. The number of ether oxygens (including phenoxy) is 1. The van der Waals surface area contributed by atoms with Crippen LogP contribution in [0.3, 0.4) is 0 Å². The molecule has 0 saturated carbocycles. The van der Waals surface area contributed by atoms with Gasteiger partial charge in [0.2, 0.25) is 0 Å². The van der Waals surface area contributed by atoms with E-state index in [0.717, 1.165) is 0 Å². The molecule has 1 aliphatic rings. The van der Waals surface area contributed by atoms with E-state index in [1.807, 2.05) is 6.07 Å². The van der Waals surface area contributed by atoms with E-state index in [4.69, 9.17) is 4.74 Å². The number of para-hydroxylation sites is 1. The lowest BCUT2D eigenvalue weighted by atomic mass is 10.2. The van der Waals surface area contributed by atoms with Crippen LogP contribution < -0.4 is 10.6 Å². The highest BCUT2D eigenvalue weighted by Gasteiger charge is 2.40. The van der Waals surface area contributed by atoms with Crippen LogP contribution in [0, 0.1) is 0 Å². The number of carbonyl (C=O) groups excluding carboxylic acids is 3. The number of fused-ring (bicyclic) bond motifs is 1. The van der Waals surface area contributed by atoms with Crippen molar-refractivity contribution in [2.45, 2.75) is 11.3 Å². The maximum absolute atomic E-state index is 12.4. The predicted molar refractivity (Wildman–Crippen MR) is 104 cm³/mol. The SMILES string of the molecule is O=C(NCCC(=O)OCCN1C(=O)c2ccccc2S1(=O)=O)Nc1ccccc1. The molecule has 9 nitrogen and oxygen atoms in total. The third-order valence-corrected chi connectivity index (χ3v) is 5.96. The summed E-state index contributed by atoms with van der Waals surface area (Å²) in [5, 5.41) is 5.12. The number of rotatable bonds is 7. The average molecular weight is 417 g/mol. The van der Waals surface area contributed by atoms with Crippen molar-refractivity contribution in [3.8, 4) is 0 Å². The molecule has 0 bridgehead atoms. The van der Waals surface area contributed by atoms with Crippen LogP contribution in [0.15, 0.2) is 59.5 Å². The number of esters is 1. The van der Waals surface area contributed by atoms with Gasteiger partial charge in [0, 0.05) is 12.2 Å². The highest BCUT2D eigenvalue weighted by atomic mass is 32.2. The molecular formula is C19H19N3O6S. The van der Waals surface area contributed by atoms with Crippen LogP contribution in [0.4, 0.5) is 10.5 Å². The zero-order valence-corrected chi connectivity index (χ0v) is 16.1. The van der Waals surface area contributed by atoms with Crippen molar-refractivity contribution >= 4 is 33.6 Å². The van der Waals surface area contributed by atoms with Gasteiger partial charge in [-0.05, 0) is 24.3 Å². The van der Waals surface area contributed by atoms with Crippen LogP contribution in [-0.2, 0) is 19.6 Å². The van der Waals surface area contributed by atoms with Gasteiger partial charge in [0.25, 0.3) is 15.9 Å². The van der Waals surface area contributed by atoms with Gasteiger partial charge in [-0.1, -0.05) is 30.3 Å². The quantitative estimate of drug-likeness (QED) is 0.660. The van der Waals surface area contributed by atoms with Crippen LogP contribution in [0.2, 0.25) is 0 Å². The fourth-order valence-corrected chi connectivity index (χ4v) is 4.29. The van der Waals surface area contributed by atoms with Gasteiger partial charge in [-0.2, -0.15) is 0 Å². The number of amides is 3. The summed E-state index contributed by atoms with van der Waals surface area (Å²) >= 11 is 0. The molecule has 3 amide bonds. The fourth-order valence-electron chi connectivity index (χ4n) is 2.74. The van der Waals surface area contributed by atoms with E-state index in [1.165, 1.54) is 18.2 Å². The van der Waals surface area contributed by atoms with Crippen LogP contribution in [0.5, 0.6) is 0 Å². The summed E-state index contributed by atoms with van der Waals surface area (Å²) in [7, 11) is -3.92. The van der Waals surface area contributed by atoms with Gasteiger partial charge in [0.05, 0.1) is 18.5 Å². The van der Waals surface area contributed by atoms with E-state index in [-0.39, 0.29) is 36.6 Å². The molecule has 2 aromatic rings. The van der Waals surface area contributed by atoms with Crippen molar-refractivity contribution in [3.05, 3.63) is 60.2 Å². The molecule has 0 spiro atoms. The van der Waals surface area contributed by atoms with E-state index in [9.17, 15) is 22.8 Å². The topological polar surface area (TPSA) is 122 Å². The van der Waals surface area contributed by atoms with Gasteiger partial charge in [-0.3, -0.25) is 9.59 Å². The summed E-state index contributed by atoms with van der Waals surface area (Å²) in [6.45, 7) is -0.499. The van der Waals surface area contributed by atoms with Crippen LogP contribution in [0.1, 0.15) is 16.8 Å². The summed E-state index contributed by atoms with van der Waals surface area (Å²) in [5.74, 6) is -1.26. The normalized spacial score (nSPS) is 14.2. The molecular weight excluding hydrogens is 398 g/mol. The lowest BCUT2D eigenvalue weighted by Crippen LogP contribution is -2.34. The van der Waals surface area contributed by atoms with Gasteiger partial charge in [-0.15, -0.1) is 0 Å². The van der Waals surface area contributed by atoms with Crippen LogP contribution in [0.25, 0.3) is 0 Å². The molecule has 3 rings (SSSR count). The monoisotopic (exact) mass is 417 g/mol. The molecule has 0 aromatic heterocycles. The van der Waals surface area contributed by atoms with E-state index in [1.54, 1.807) is 30.3 Å². The maximum atomic E-state index is 12.4. The van der Waals surface area contributed by atoms with Crippen molar-refractivity contribution in [2.24, 2.45) is 0 Å². The number of urea groups is 1. The van der Waals surface area contributed by atoms with Crippen molar-refractivity contribution in [1.82, 2.24) is 9.62 Å². The lowest BCUT2D eigenvalue weighted by Gasteiger charge is -2.15. The molecule has 29 heavy (non-hydrogen) atoms. The number of benzene rings is 2. The van der Waals surface area contributed by atoms with Crippen LogP contribution >= 0.6 is 0 Å². The van der Waals surface area contributed by atoms with Crippen molar-refractivity contribution in [3.63, 3.8) is 0 Å². The smallest absolute Gasteiger partial charge is 0.319 e. The molecule has 2 aromatic carbocycles. The minimum Gasteiger partial charge on any atom is -0.464 e. The molecule has 152 valence electrons. The van der Waals surface area contributed by atoms with Crippen molar-refractivity contribution in [2.75, 3.05) is 25.0 Å². The standard InChI is InChI=1S/C19H19N3O6S/c23-17(10-11-20-19(25)21-14-6-2-1-3-7-14)28-13-12-22-18(24)15-8-4-5-9-16(15)29(22,26)27/h1-9H,10-13H2,(H2,20,21,25). The second-order valence-corrected chi connectivity index (χ2v) is 7.93. The average Bonchev–Trinajstić information content (AvgIpc) is 2.89. The van der Waals surface area contributed by atoms with E-state index in [2.05, 4.69) is 10.6 Å². The highest BCUT2D eigenvalue weighted by Crippen LogP contribution is 2.29. The first-order valence-corrected chi connectivity index (χ1v) is 10.3. The van der Waals surface area contributed by atoms with Crippen molar-refractivity contribution in [1.29, 1.82) is 0 Å². The first-order chi connectivity index (χ1) is 13.9. The Kier molecular flexibility index (Phi) is 6.13. The van der Waals surface area contributed by atoms with Crippen LogP contribution in [-0.4, -0.2) is 50.3 Å². The number of carbonyl (C=O) groups is 3. The molecule has 10 heteroatoms. The van der Waals surface area contributed by atoms with E-state index in [0.29, 0.717) is 9.99 Å². The molecule has 0 fully saturated rings. The summed E-state index contributed by atoms with van der Waals surface area (Å²) < 4.78 is 30.4. The zero-order chi connectivity index (χ0) is 20.9. The van der Waals surface area contributed by atoms with Gasteiger partial charge in [0.15, 0.2) is 0 Å². The Morgan fingerprint density at radius 3 is 2.41 bits per heavy atom. The van der Waals surface area contributed by atoms with E-state index >= 15 is 0 Å². The third kappa shape index (κ3) is 4.72. The number of hydrogen-bond donors (Lipinski definition) is 2. The Balaban J connectivity index is 1.39. The van der Waals surface area contributed by atoms with Gasteiger partial charge < -0.3 is 15.4 Å². The minimum atomic E-state index is -3.92. The fraction of sp³-hybridized carbons (Fsp3) is 0.211. The first kappa shape index (κ1) is 20.3. The summed E-state index contributed by atoms with van der Waals surface area (Å²) in [6, 6.07) is 14.3. The molecule has 1 heterocycles. The Morgan fingerprint density at radius 2 is 1.69 bits per heavy atom. The highest BCUT2D eigenvalue weighted by molar-refractivity contribution is 7.90.